The molecule has 0 aliphatic rings. The number of amides is 1. The van der Waals surface area contributed by atoms with Crippen molar-refractivity contribution in [2.45, 2.75) is 19.0 Å². The predicted octanol–water partition coefficient (Wildman–Crippen LogP) is 3.58. The number of carbonyl (C=O) groups is 2. The van der Waals surface area contributed by atoms with Gasteiger partial charge in [0.15, 0.2) is 5.82 Å². The summed E-state index contributed by atoms with van der Waals surface area (Å²) in [7, 11) is 0. The number of thioether (sulfide) groups is 1. The fourth-order valence-corrected chi connectivity index (χ4v) is 3.12. The third-order valence-corrected chi connectivity index (χ3v) is 4.51. The molecule has 1 amide bonds. The molecule has 27 heavy (non-hydrogen) atoms. The summed E-state index contributed by atoms with van der Waals surface area (Å²) >= 11 is 1.07. The number of anilines is 1. The van der Waals surface area contributed by atoms with Gasteiger partial charge in [0, 0.05) is 18.2 Å². The van der Waals surface area contributed by atoms with E-state index in [1.807, 2.05) is 43.3 Å². The molecule has 0 bridgehead atoms. The van der Waals surface area contributed by atoms with Crippen LogP contribution in [-0.4, -0.2) is 37.9 Å². The first-order valence-electron chi connectivity index (χ1n) is 8.18. The van der Waals surface area contributed by atoms with Crippen LogP contribution in [0.15, 0.2) is 47.6 Å². The van der Waals surface area contributed by atoms with Crippen molar-refractivity contribution in [3.63, 3.8) is 0 Å². The van der Waals surface area contributed by atoms with E-state index in [4.69, 9.17) is 5.11 Å². The van der Waals surface area contributed by atoms with E-state index in [1.165, 1.54) is 6.92 Å². The standard InChI is InChI=1S/C19H18N4O3S/c1-11-7-14(13-3-5-16(6-4-13)20-12(2)24)9-15(8-11)18-21-19(23-22-18)27-10-17(25)26/h3-9H,10H2,1-2H3,(H,20,24)(H,25,26)(H,21,22,23). The highest BCUT2D eigenvalue weighted by Crippen LogP contribution is 2.28. The number of carboxylic acid groups (broad SMARTS) is 1. The molecule has 3 N–H and O–H groups in total. The Hall–Kier alpha value is -3.13. The van der Waals surface area contributed by atoms with Gasteiger partial charge in [-0.3, -0.25) is 14.7 Å². The lowest BCUT2D eigenvalue weighted by molar-refractivity contribution is -0.133. The molecular formula is C19H18N4O3S. The van der Waals surface area contributed by atoms with Crippen LogP contribution < -0.4 is 5.32 Å². The van der Waals surface area contributed by atoms with E-state index < -0.39 is 5.97 Å². The quantitative estimate of drug-likeness (QED) is 0.562. The van der Waals surface area contributed by atoms with E-state index in [-0.39, 0.29) is 11.7 Å². The van der Waals surface area contributed by atoms with E-state index in [0.29, 0.717) is 11.0 Å². The Morgan fingerprint density at radius 3 is 2.48 bits per heavy atom. The van der Waals surface area contributed by atoms with E-state index in [0.717, 1.165) is 39.7 Å². The summed E-state index contributed by atoms with van der Waals surface area (Å²) in [6.07, 6.45) is 0. The summed E-state index contributed by atoms with van der Waals surface area (Å²) < 4.78 is 0. The molecule has 7 nitrogen and oxygen atoms in total. The Morgan fingerprint density at radius 1 is 1.11 bits per heavy atom. The van der Waals surface area contributed by atoms with Crippen LogP contribution in [0.2, 0.25) is 0 Å². The molecular weight excluding hydrogens is 364 g/mol. The van der Waals surface area contributed by atoms with Crippen molar-refractivity contribution in [3.05, 3.63) is 48.0 Å². The third-order valence-electron chi connectivity index (χ3n) is 3.68. The maximum absolute atomic E-state index is 11.1. The molecule has 3 aromatic rings. The van der Waals surface area contributed by atoms with Gasteiger partial charge in [-0.1, -0.05) is 30.0 Å². The van der Waals surface area contributed by atoms with Crippen molar-refractivity contribution in [1.82, 2.24) is 15.2 Å². The second-order valence-electron chi connectivity index (χ2n) is 6.00. The van der Waals surface area contributed by atoms with Gasteiger partial charge in [-0.05, 0) is 47.9 Å². The van der Waals surface area contributed by atoms with Gasteiger partial charge in [0.1, 0.15) is 0 Å². The molecule has 0 radical (unpaired) electrons. The topological polar surface area (TPSA) is 108 Å². The number of aromatic amines is 1. The number of nitrogens with zero attached hydrogens (tertiary/aromatic N) is 2. The zero-order chi connectivity index (χ0) is 19.4. The van der Waals surface area contributed by atoms with Crippen LogP contribution in [0.25, 0.3) is 22.5 Å². The van der Waals surface area contributed by atoms with Gasteiger partial charge in [-0.2, -0.15) is 0 Å². The van der Waals surface area contributed by atoms with E-state index >= 15 is 0 Å². The van der Waals surface area contributed by atoms with E-state index in [1.54, 1.807) is 0 Å². The number of carbonyl (C=O) groups excluding carboxylic acids is 1. The van der Waals surface area contributed by atoms with Gasteiger partial charge in [0.25, 0.3) is 0 Å². The smallest absolute Gasteiger partial charge is 0.313 e. The lowest BCUT2D eigenvalue weighted by Gasteiger charge is -2.08. The summed E-state index contributed by atoms with van der Waals surface area (Å²) in [5, 5.41) is 18.8. The molecule has 0 saturated heterocycles. The van der Waals surface area contributed by atoms with Gasteiger partial charge in [-0.25, -0.2) is 4.98 Å². The van der Waals surface area contributed by atoms with Crippen LogP contribution in [0, 0.1) is 6.92 Å². The normalized spacial score (nSPS) is 10.6. The minimum Gasteiger partial charge on any atom is -0.481 e. The van der Waals surface area contributed by atoms with Crippen LogP contribution in [0.1, 0.15) is 12.5 Å². The summed E-state index contributed by atoms with van der Waals surface area (Å²) in [6.45, 7) is 3.47. The first kappa shape index (κ1) is 18.7. The zero-order valence-corrected chi connectivity index (χ0v) is 15.6. The van der Waals surface area contributed by atoms with Crippen molar-refractivity contribution in [1.29, 1.82) is 0 Å². The minimum absolute atomic E-state index is 0.0863. The molecule has 0 saturated carbocycles. The van der Waals surface area contributed by atoms with Gasteiger partial charge in [-0.15, -0.1) is 5.10 Å². The van der Waals surface area contributed by atoms with Crippen molar-refractivity contribution in [2.75, 3.05) is 11.1 Å². The van der Waals surface area contributed by atoms with Crippen molar-refractivity contribution >= 4 is 29.3 Å². The molecule has 8 heteroatoms. The molecule has 1 aromatic heterocycles. The number of benzene rings is 2. The molecule has 3 rings (SSSR count). The number of H-pyrrole nitrogens is 1. The Morgan fingerprint density at radius 2 is 1.81 bits per heavy atom. The van der Waals surface area contributed by atoms with Gasteiger partial charge in [0.2, 0.25) is 11.1 Å². The van der Waals surface area contributed by atoms with Crippen LogP contribution in [0.4, 0.5) is 5.69 Å². The van der Waals surface area contributed by atoms with Crippen molar-refractivity contribution < 1.29 is 14.7 Å². The second-order valence-corrected chi connectivity index (χ2v) is 6.94. The molecule has 0 fully saturated rings. The molecule has 0 aliphatic heterocycles. The zero-order valence-electron chi connectivity index (χ0n) is 14.8. The summed E-state index contributed by atoms with van der Waals surface area (Å²) in [4.78, 5) is 26.2. The number of aromatic nitrogens is 3. The fourth-order valence-electron chi connectivity index (χ4n) is 2.60. The average molecular weight is 382 g/mol. The number of rotatable bonds is 6. The highest BCUT2D eigenvalue weighted by Gasteiger charge is 2.10. The highest BCUT2D eigenvalue weighted by molar-refractivity contribution is 7.99. The summed E-state index contributed by atoms with van der Waals surface area (Å²) in [6, 6.07) is 13.6. The predicted molar refractivity (Wildman–Crippen MR) is 105 cm³/mol. The molecule has 0 atom stereocenters. The highest BCUT2D eigenvalue weighted by atomic mass is 32.2. The molecule has 0 aliphatic carbocycles. The number of aryl methyl sites for hydroxylation is 1. The number of aliphatic carboxylic acids is 1. The van der Waals surface area contributed by atoms with Crippen molar-refractivity contribution in [3.8, 4) is 22.5 Å². The fraction of sp³-hybridized carbons (Fsp3) is 0.158. The lowest BCUT2D eigenvalue weighted by Crippen LogP contribution is -2.05. The van der Waals surface area contributed by atoms with E-state index in [9.17, 15) is 9.59 Å². The Balaban J connectivity index is 1.86. The van der Waals surface area contributed by atoms with Crippen LogP contribution in [-0.2, 0) is 9.59 Å². The molecule has 1 heterocycles. The molecule has 0 spiro atoms. The molecule has 138 valence electrons. The number of hydrogen-bond acceptors (Lipinski definition) is 5. The van der Waals surface area contributed by atoms with Crippen LogP contribution >= 0.6 is 11.8 Å². The first-order chi connectivity index (χ1) is 12.9. The number of carboxylic acids is 1. The molecule has 0 unspecified atom stereocenters. The Labute approximate surface area is 160 Å². The molecule has 2 aromatic carbocycles. The maximum Gasteiger partial charge on any atom is 0.313 e. The van der Waals surface area contributed by atoms with Gasteiger partial charge < -0.3 is 10.4 Å². The van der Waals surface area contributed by atoms with E-state index in [2.05, 4.69) is 26.6 Å². The number of hydrogen-bond donors (Lipinski definition) is 3. The first-order valence-corrected chi connectivity index (χ1v) is 9.16. The Bertz CT molecular complexity index is 983. The Kier molecular flexibility index (Phi) is 5.56. The summed E-state index contributed by atoms with van der Waals surface area (Å²) in [5.41, 5.74) is 4.69. The van der Waals surface area contributed by atoms with Crippen LogP contribution in [0.3, 0.4) is 0 Å². The minimum atomic E-state index is -0.910. The summed E-state index contributed by atoms with van der Waals surface area (Å²) in [5.74, 6) is -0.520. The van der Waals surface area contributed by atoms with Crippen LogP contribution in [0.5, 0.6) is 0 Å². The monoisotopic (exact) mass is 382 g/mol. The third kappa shape index (κ3) is 4.95. The van der Waals surface area contributed by atoms with Gasteiger partial charge in [0.05, 0.1) is 5.75 Å². The SMILES string of the molecule is CC(=O)Nc1ccc(-c2cc(C)cc(-c3nc(SCC(=O)O)n[nH]3)c2)cc1. The van der Waals surface area contributed by atoms with Gasteiger partial charge >= 0.3 is 5.97 Å². The largest absolute Gasteiger partial charge is 0.481 e. The lowest BCUT2D eigenvalue weighted by atomic mass is 10.00. The number of nitrogens with one attached hydrogen (secondary N) is 2. The average Bonchev–Trinajstić information content (AvgIpc) is 3.09. The maximum atomic E-state index is 11.1. The van der Waals surface area contributed by atoms with Crippen molar-refractivity contribution in [2.24, 2.45) is 0 Å². The second kappa shape index (κ2) is 8.05.